The molecule has 0 aliphatic carbocycles. The third kappa shape index (κ3) is 1.73. The van der Waals surface area contributed by atoms with Crippen LogP contribution in [0, 0.1) is 13.8 Å². The lowest BCUT2D eigenvalue weighted by Gasteiger charge is -2.39. The normalized spacial score (nSPS) is 25.9. The van der Waals surface area contributed by atoms with Gasteiger partial charge in [-0.2, -0.15) is 0 Å². The Morgan fingerprint density at radius 2 is 1.94 bits per heavy atom. The van der Waals surface area contributed by atoms with Crippen LogP contribution in [0.1, 0.15) is 18.1 Å². The van der Waals surface area contributed by atoms with E-state index in [1.54, 1.807) is 6.07 Å². The van der Waals surface area contributed by atoms with Gasteiger partial charge in [0.2, 0.25) is 0 Å². The first-order valence-electron chi connectivity index (χ1n) is 5.99. The van der Waals surface area contributed by atoms with E-state index in [1.807, 2.05) is 38.8 Å². The van der Waals surface area contributed by atoms with Gasteiger partial charge in [0.1, 0.15) is 5.25 Å². The highest BCUT2D eigenvalue weighted by Crippen LogP contribution is 2.39. The number of nitrogens with zero attached hydrogens (tertiary/aromatic N) is 1. The van der Waals surface area contributed by atoms with Crippen molar-refractivity contribution in [1.29, 1.82) is 0 Å². The van der Waals surface area contributed by atoms with Gasteiger partial charge in [-0.1, -0.05) is 6.07 Å². The second kappa shape index (κ2) is 4.24. The van der Waals surface area contributed by atoms with Gasteiger partial charge in [0.15, 0.2) is 9.84 Å². The minimum Gasteiger partial charge on any atom is -0.395 e. The molecule has 1 N–H and O–H groups in total. The molecule has 0 saturated heterocycles. The monoisotopic (exact) mass is 269 g/mol. The van der Waals surface area contributed by atoms with Crippen molar-refractivity contribution < 1.29 is 13.5 Å². The third-order valence-electron chi connectivity index (χ3n) is 3.80. The number of fused-ring (bicyclic) bond motifs is 1. The molecule has 4 nitrogen and oxygen atoms in total. The second-order valence-corrected chi connectivity index (χ2v) is 7.18. The molecule has 1 aromatic rings. The van der Waals surface area contributed by atoms with E-state index in [1.165, 1.54) is 0 Å². The summed E-state index contributed by atoms with van der Waals surface area (Å²) in [5.41, 5.74) is 2.64. The first-order valence-corrected chi connectivity index (χ1v) is 7.54. The van der Waals surface area contributed by atoms with E-state index in [-0.39, 0.29) is 12.6 Å². The molecule has 1 heterocycles. The molecule has 0 spiro atoms. The number of hydrogen-bond acceptors (Lipinski definition) is 4. The quantitative estimate of drug-likeness (QED) is 0.834. The molecule has 2 unspecified atom stereocenters. The fourth-order valence-electron chi connectivity index (χ4n) is 2.72. The molecule has 0 fully saturated rings. The third-order valence-corrected chi connectivity index (χ3v) is 6.06. The van der Waals surface area contributed by atoms with Crippen molar-refractivity contribution in [3.63, 3.8) is 0 Å². The average Bonchev–Trinajstić information content (AvgIpc) is 2.26. The minimum atomic E-state index is -3.45. The van der Waals surface area contributed by atoms with Crippen LogP contribution in [0.25, 0.3) is 0 Å². The van der Waals surface area contributed by atoms with Crippen LogP contribution in [0.5, 0.6) is 0 Å². The van der Waals surface area contributed by atoms with Crippen LogP contribution in [0.3, 0.4) is 0 Å². The Labute approximate surface area is 108 Å². The summed E-state index contributed by atoms with van der Waals surface area (Å²) in [6, 6.07) is 3.45. The minimum absolute atomic E-state index is 0.228. The van der Waals surface area contributed by atoms with Crippen molar-refractivity contribution >= 4 is 15.5 Å². The van der Waals surface area contributed by atoms with E-state index in [0.717, 1.165) is 16.8 Å². The lowest BCUT2D eigenvalue weighted by molar-refractivity contribution is 0.276. The Kier molecular flexibility index (Phi) is 3.15. The first kappa shape index (κ1) is 13.4. The van der Waals surface area contributed by atoms with Crippen LogP contribution in [0.4, 0.5) is 5.69 Å². The van der Waals surface area contributed by atoms with Gasteiger partial charge in [0.25, 0.3) is 0 Å². The lowest BCUT2D eigenvalue weighted by atomic mass is 10.1. The summed E-state index contributed by atoms with van der Waals surface area (Å²) >= 11 is 0. The van der Waals surface area contributed by atoms with E-state index in [4.69, 9.17) is 0 Å². The number of aryl methyl sites for hydroxylation is 2. The molecule has 0 aromatic heterocycles. The van der Waals surface area contributed by atoms with Crippen molar-refractivity contribution in [2.45, 2.75) is 37.0 Å². The maximum atomic E-state index is 12.5. The van der Waals surface area contributed by atoms with Crippen LogP contribution in [0.15, 0.2) is 17.0 Å². The molecule has 18 heavy (non-hydrogen) atoms. The van der Waals surface area contributed by atoms with E-state index in [2.05, 4.69) is 0 Å². The molecule has 0 saturated carbocycles. The van der Waals surface area contributed by atoms with Crippen molar-refractivity contribution in [2.75, 3.05) is 18.6 Å². The maximum Gasteiger partial charge on any atom is 0.187 e. The zero-order valence-corrected chi connectivity index (χ0v) is 12.0. The van der Waals surface area contributed by atoms with Gasteiger partial charge >= 0.3 is 0 Å². The molecule has 1 aliphatic heterocycles. The molecular weight excluding hydrogens is 250 g/mol. The first-order chi connectivity index (χ1) is 8.30. The van der Waals surface area contributed by atoms with E-state index < -0.39 is 15.1 Å². The number of aliphatic hydroxyl groups excluding tert-OH is 1. The van der Waals surface area contributed by atoms with Crippen molar-refractivity contribution in [3.8, 4) is 0 Å². The van der Waals surface area contributed by atoms with Gasteiger partial charge < -0.3 is 10.0 Å². The Balaban J connectivity index is 2.79. The molecule has 1 aromatic carbocycles. The summed E-state index contributed by atoms with van der Waals surface area (Å²) < 4.78 is 25.0. The zero-order chi connectivity index (χ0) is 13.7. The summed E-state index contributed by atoms with van der Waals surface area (Å²) in [7, 11) is -1.57. The van der Waals surface area contributed by atoms with E-state index >= 15 is 0 Å². The molecule has 5 heteroatoms. The predicted molar refractivity (Wildman–Crippen MR) is 71.8 cm³/mol. The summed E-state index contributed by atoms with van der Waals surface area (Å²) in [6.07, 6.45) is 0. The highest BCUT2D eigenvalue weighted by Gasteiger charge is 2.41. The standard InChI is InChI=1S/C13H19NO3S/c1-8-5-9(2)13-11(6-8)18(16,17)12(7-15)10(3)14(13)4/h5-6,10,12,15H,7H2,1-4H3. The second-order valence-electron chi connectivity index (χ2n) is 5.05. The Morgan fingerprint density at radius 1 is 1.33 bits per heavy atom. The summed E-state index contributed by atoms with van der Waals surface area (Å²) in [4.78, 5) is 2.30. The maximum absolute atomic E-state index is 12.5. The number of anilines is 1. The van der Waals surface area contributed by atoms with Gasteiger partial charge in [0, 0.05) is 13.1 Å². The number of sulfone groups is 1. The molecule has 2 rings (SSSR count). The Morgan fingerprint density at radius 3 is 2.50 bits per heavy atom. The topological polar surface area (TPSA) is 57.6 Å². The molecule has 0 radical (unpaired) electrons. The van der Waals surface area contributed by atoms with Crippen LogP contribution in [-0.4, -0.2) is 38.5 Å². The SMILES string of the molecule is Cc1cc(C)c2c(c1)S(=O)(=O)C(CO)C(C)N2C. The summed E-state index contributed by atoms with van der Waals surface area (Å²) in [5, 5.41) is 8.62. The van der Waals surface area contributed by atoms with Gasteiger partial charge in [0.05, 0.1) is 17.2 Å². The highest BCUT2D eigenvalue weighted by molar-refractivity contribution is 7.92. The fourth-order valence-corrected chi connectivity index (χ4v) is 4.86. The van der Waals surface area contributed by atoms with Crippen molar-refractivity contribution in [2.24, 2.45) is 0 Å². The number of hydrogen-bond donors (Lipinski definition) is 1. The lowest BCUT2D eigenvalue weighted by Crippen LogP contribution is -2.50. The van der Waals surface area contributed by atoms with Crippen molar-refractivity contribution in [3.05, 3.63) is 23.3 Å². The number of benzene rings is 1. The number of rotatable bonds is 1. The summed E-state index contributed by atoms with van der Waals surface area (Å²) in [6.45, 7) is 5.29. The summed E-state index contributed by atoms with van der Waals surface area (Å²) in [5.74, 6) is 0. The molecule has 0 amide bonds. The Hall–Kier alpha value is -1.07. The van der Waals surface area contributed by atoms with Gasteiger partial charge in [-0.3, -0.25) is 0 Å². The van der Waals surface area contributed by atoms with Crippen LogP contribution in [0.2, 0.25) is 0 Å². The van der Waals surface area contributed by atoms with Crippen LogP contribution >= 0.6 is 0 Å². The molecule has 2 atom stereocenters. The van der Waals surface area contributed by atoms with Gasteiger partial charge in [-0.05, 0) is 38.0 Å². The highest BCUT2D eigenvalue weighted by atomic mass is 32.2. The van der Waals surface area contributed by atoms with E-state index in [0.29, 0.717) is 4.90 Å². The van der Waals surface area contributed by atoms with Gasteiger partial charge in [-0.15, -0.1) is 0 Å². The Bertz CT molecular complexity index is 580. The van der Waals surface area contributed by atoms with E-state index in [9.17, 15) is 13.5 Å². The molecule has 1 aliphatic rings. The molecule has 100 valence electrons. The van der Waals surface area contributed by atoms with Gasteiger partial charge in [-0.25, -0.2) is 8.42 Å². The van der Waals surface area contributed by atoms with Crippen molar-refractivity contribution in [1.82, 2.24) is 0 Å². The largest absolute Gasteiger partial charge is 0.395 e. The van der Waals surface area contributed by atoms with Crippen LogP contribution < -0.4 is 4.90 Å². The smallest absolute Gasteiger partial charge is 0.187 e. The molecular formula is C13H19NO3S. The zero-order valence-electron chi connectivity index (χ0n) is 11.1. The number of aliphatic hydroxyl groups is 1. The average molecular weight is 269 g/mol. The molecule has 0 bridgehead atoms. The fraction of sp³-hybridized carbons (Fsp3) is 0.538. The van der Waals surface area contributed by atoms with Crippen LogP contribution in [-0.2, 0) is 9.84 Å². The predicted octanol–water partition coefficient (Wildman–Crippen LogP) is 1.28.